The predicted octanol–water partition coefficient (Wildman–Crippen LogP) is 2.45. The minimum atomic E-state index is -0.616. The molecule has 0 radical (unpaired) electrons. The van der Waals surface area contributed by atoms with Crippen LogP contribution in [0.2, 0.25) is 0 Å². The standard InChI is InChI=1S/C17H19N3O3S/c1-9-14(24-11(3)19-9)7-8-18-17(22)12-5-4-6-13-15(12)23-10(2)16(21)20-13/h4-6,10H,7-8H2,1-3H3,(H,18,22)(H,20,21)/t10-/m0/s1. The Balaban J connectivity index is 1.69. The number of hydrogen-bond donors (Lipinski definition) is 2. The number of amides is 2. The molecule has 0 unspecified atom stereocenters. The predicted molar refractivity (Wildman–Crippen MR) is 92.8 cm³/mol. The topological polar surface area (TPSA) is 80.3 Å². The smallest absolute Gasteiger partial charge is 0.265 e. The molecule has 2 amide bonds. The highest BCUT2D eigenvalue weighted by Crippen LogP contribution is 2.33. The van der Waals surface area contributed by atoms with Gasteiger partial charge in [-0.2, -0.15) is 0 Å². The monoisotopic (exact) mass is 345 g/mol. The molecule has 2 heterocycles. The van der Waals surface area contributed by atoms with Crippen LogP contribution in [-0.4, -0.2) is 29.4 Å². The number of anilines is 1. The summed E-state index contributed by atoms with van der Waals surface area (Å²) in [6.45, 7) is 6.13. The number of carbonyl (C=O) groups excluding carboxylic acids is 2. The average Bonchev–Trinajstić information content (AvgIpc) is 2.85. The summed E-state index contributed by atoms with van der Waals surface area (Å²) in [5, 5.41) is 6.69. The molecule has 0 saturated carbocycles. The van der Waals surface area contributed by atoms with Gasteiger partial charge in [0.25, 0.3) is 11.8 Å². The van der Waals surface area contributed by atoms with Crippen molar-refractivity contribution in [2.45, 2.75) is 33.3 Å². The summed E-state index contributed by atoms with van der Waals surface area (Å²) >= 11 is 1.65. The number of aryl methyl sites for hydroxylation is 2. The van der Waals surface area contributed by atoms with E-state index in [0.29, 0.717) is 23.5 Å². The third kappa shape index (κ3) is 3.26. The van der Waals surface area contributed by atoms with Crippen molar-refractivity contribution in [1.82, 2.24) is 10.3 Å². The summed E-state index contributed by atoms with van der Waals surface area (Å²) in [5.41, 5.74) is 1.97. The minimum Gasteiger partial charge on any atom is -0.478 e. The Morgan fingerprint density at radius 1 is 1.42 bits per heavy atom. The number of ether oxygens (including phenoxy) is 1. The fraction of sp³-hybridized carbons (Fsp3) is 0.353. The first-order chi connectivity index (χ1) is 11.5. The molecule has 7 heteroatoms. The van der Waals surface area contributed by atoms with Gasteiger partial charge < -0.3 is 15.4 Å². The zero-order valence-corrected chi connectivity index (χ0v) is 14.6. The SMILES string of the molecule is Cc1nc(C)c(CCNC(=O)c2cccc3c2O[C@@H](C)C(=O)N3)s1. The molecule has 24 heavy (non-hydrogen) atoms. The van der Waals surface area contributed by atoms with E-state index in [1.54, 1.807) is 36.5 Å². The Kier molecular flexibility index (Phi) is 4.53. The van der Waals surface area contributed by atoms with Crippen molar-refractivity contribution in [1.29, 1.82) is 0 Å². The van der Waals surface area contributed by atoms with Gasteiger partial charge in [0.05, 0.1) is 22.0 Å². The summed E-state index contributed by atoms with van der Waals surface area (Å²) in [6.07, 6.45) is 0.126. The second-order valence-electron chi connectivity index (χ2n) is 5.68. The third-order valence-electron chi connectivity index (χ3n) is 3.82. The van der Waals surface area contributed by atoms with E-state index in [4.69, 9.17) is 4.74 Å². The summed E-state index contributed by atoms with van der Waals surface area (Å²) in [5.74, 6) is -0.00268. The van der Waals surface area contributed by atoms with Crippen molar-refractivity contribution in [2.75, 3.05) is 11.9 Å². The van der Waals surface area contributed by atoms with E-state index in [0.717, 1.165) is 17.1 Å². The van der Waals surface area contributed by atoms with E-state index < -0.39 is 6.10 Å². The Morgan fingerprint density at radius 3 is 2.92 bits per heavy atom. The number of aromatic nitrogens is 1. The van der Waals surface area contributed by atoms with Gasteiger partial charge in [0.1, 0.15) is 0 Å². The first-order valence-corrected chi connectivity index (χ1v) is 8.59. The first kappa shape index (κ1) is 16.4. The summed E-state index contributed by atoms with van der Waals surface area (Å²) in [7, 11) is 0. The summed E-state index contributed by atoms with van der Waals surface area (Å²) in [4.78, 5) is 29.7. The fourth-order valence-electron chi connectivity index (χ4n) is 2.60. The van der Waals surface area contributed by atoms with Gasteiger partial charge in [0.2, 0.25) is 0 Å². The number of fused-ring (bicyclic) bond motifs is 1. The molecular formula is C17H19N3O3S. The van der Waals surface area contributed by atoms with E-state index in [1.807, 2.05) is 13.8 Å². The van der Waals surface area contributed by atoms with Crippen molar-refractivity contribution in [2.24, 2.45) is 0 Å². The van der Waals surface area contributed by atoms with E-state index >= 15 is 0 Å². The van der Waals surface area contributed by atoms with E-state index in [9.17, 15) is 9.59 Å². The van der Waals surface area contributed by atoms with Crippen LogP contribution in [0, 0.1) is 13.8 Å². The van der Waals surface area contributed by atoms with Crippen LogP contribution in [0.5, 0.6) is 5.75 Å². The van der Waals surface area contributed by atoms with Crippen LogP contribution in [0.3, 0.4) is 0 Å². The number of hydrogen-bond acceptors (Lipinski definition) is 5. The molecule has 1 aliphatic heterocycles. The van der Waals surface area contributed by atoms with Crippen LogP contribution in [0.1, 0.15) is 32.9 Å². The first-order valence-electron chi connectivity index (χ1n) is 7.77. The molecule has 1 aliphatic rings. The molecule has 6 nitrogen and oxygen atoms in total. The molecule has 0 saturated heterocycles. The molecule has 1 aromatic heterocycles. The van der Waals surface area contributed by atoms with E-state index in [1.165, 1.54) is 4.88 Å². The number of benzene rings is 1. The van der Waals surface area contributed by atoms with Crippen molar-refractivity contribution in [3.63, 3.8) is 0 Å². The average molecular weight is 345 g/mol. The Bertz CT molecular complexity index is 800. The van der Waals surface area contributed by atoms with Gasteiger partial charge in [-0.15, -0.1) is 11.3 Å². The van der Waals surface area contributed by atoms with Gasteiger partial charge in [0, 0.05) is 17.8 Å². The lowest BCUT2D eigenvalue weighted by Gasteiger charge is -2.25. The second kappa shape index (κ2) is 6.60. The van der Waals surface area contributed by atoms with Crippen molar-refractivity contribution in [3.8, 4) is 5.75 Å². The number of nitrogens with zero attached hydrogens (tertiary/aromatic N) is 1. The van der Waals surface area contributed by atoms with Gasteiger partial charge in [-0.1, -0.05) is 6.07 Å². The van der Waals surface area contributed by atoms with E-state index in [-0.39, 0.29) is 11.8 Å². The van der Waals surface area contributed by atoms with Gasteiger partial charge in [-0.25, -0.2) is 4.98 Å². The number of carbonyl (C=O) groups is 2. The largest absolute Gasteiger partial charge is 0.478 e. The maximum atomic E-state index is 12.5. The molecule has 0 fully saturated rings. The lowest BCUT2D eigenvalue weighted by atomic mass is 10.1. The lowest BCUT2D eigenvalue weighted by molar-refractivity contribution is -0.122. The Morgan fingerprint density at radius 2 is 2.21 bits per heavy atom. The second-order valence-corrected chi connectivity index (χ2v) is 6.97. The van der Waals surface area contributed by atoms with Gasteiger partial charge in [0.15, 0.2) is 11.9 Å². The molecule has 1 aromatic carbocycles. The van der Waals surface area contributed by atoms with Crippen LogP contribution in [0.15, 0.2) is 18.2 Å². The maximum absolute atomic E-state index is 12.5. The number of thiazole rings is 1. The van der Waals surface area contributed by atoms with Crippen LogP contribution < -0.4 is 15.4 Å². The van der Waals surface area contributed by atoms with Crippen LogP contribution in [0.25, 0.3) is 0 Å². The molecule has 2 N–H and O–H groups in total. The zero-order chi connectivity index (χ0) is 17.3. The van der Waals surface area contributed by atoms with Crippen LogP contribution >= 0.6 is 11.3 Å². The van der Waals surface area contributed by atoms with Gasteiger partial charge in [-0.05, 0) is 32.9 Å². The van der Waals surface area contributed by atoms with Crippen LogP contribution in [0.4, 0.5) is 5.69 Å². The molecule has 1 atom stereocenters. The van der Waals surface area contributed by atoms with E-state index in [2.05, 4.69) is 15.6 Å². The maximum Gasteiger partial charge on any atom is 0.265 e. The summed E-state index contributed by atoms with van der Waals surface area (Å²) in [6, 6.07) is 5.14. The molecule has 0 aliphatic carbocycles. The normalized spacial score (nSPS) is 16.1. The number of rotatable bonds is 4. The summed E-state index contributed by atoms with van der Waals surface area (Å²) < 4.78 is 5.60. The highest BCUT2D eigenvalue weighted by atomic mass is 32.1. The lowest BCUT2D eigenvalue weighted by Crippen LogP contribution is -2.36. The van der Waals surface area contributed by atoms with Crippen molar-refractivity contribution < 1.29 is 14.3 Å². The van der Waals surface area contributed by atoms with Crippen molar-refractivity contribution >= 4 is 28.8 Å². The quantitative estimate of drug-likeness (QED) is 0.892. The molecule has 0 spiro atoms. The molecule has 126 valence electrons. The molecule has 0 bridgehead atoms. The van der Waals surface area contributed by atoms with Gasteiger partial charge >= 0.3 is 0 Å². The Hall–Kier alpha value is -2.41. The van der Waals surface area contributed by atoms with Crippen molar-refractivity contribution in [3.05, 3.63) is 39.3 Å². The minimum absolute atomic E-state index is 0.212. The fourth-order valence-corrected chi connectivity index (χ4v) is 3.53. The highest BCUT2D eigenvalue weighted by molar-refractivity contribution is 7.11. The molecule has 2 aromatic rings. The molecule has 3 rings (SSSR count). The zero-order valence-electron chi connectivity index (χ0n) is 13.8. The number of para-hydroxylation sites is 1. The van der Waals surface area contributed by atoms with Crippen LogP contribution in [-0.2, 0) is 11.2 Å². The molecular weight excluding hydrogens is 326 g/mol. The Labute approximate surface area is 144 Å². The number of nitrogens with one attached hydrogen (secondary N) is 2. The highest BCUT2D eigenvalue weighted by Gasteiger charge is 2.27. The van der Waals surface area contributed by atoms with Gasteiger partial charge in [-0.3, -0.25) is 9.59 Å². The third-order valence-corrected chi connectivity index (χ3v) is 4.95.